The minimum absolute atomic E-state index is 1.28. The van der Waals surface area contributed by atoms with Gasteiger partial charge >= 0.3 is 0 Å². The summed E-state index contributed by atoms with van der Waals surface area (Å²) in [6.07, 6.45) is -8.05. The maximum absolute atomic E-state index is 17.3. The number of nitrogens with two attached hydrogens (primary N) is 1. The molecule has 0 saturated carbocycles. The highest BCUT2D eigenvalue weighted by atomic mass is 19.2. The van der Waals surface area contributed by atoms with Crippen LogP contribution < -0.4 is 27.2 Å². The van der Waals surface area contributed by atoms with E-state index in [0.29, 0.717) is 0 Å². The number of halogens is 28. The molecule has 0 aliphatic carbocycles. The molecule has 0 bridgehead atoms. The standard InChI is InChI=1S/C40BF28.C7H9N/c42-13-1-5(21(50)37(66)33(13)62)17(46)29(58)25(54)9(1)41(10-2-6(18(47)30(59)26(10)55)22(51)38(67)34(63)14(2)43,11-3-7(19(48)31(60)27(11)56)23(52)39(68)35(64)15(3)44)12-4-8(20(49)32(61)28(12)57)24(53)40(69)36(65)16(4)45;1-8-7-5-3-2-4-6-7/h;2-6,8H,1H3/q-1;/p+1. The summed E-state index contributed by atoms with van der Waals surface area (Å²) in [5, 5.41) is -24.9. The summed E-state index contributed by atoms with van der Waals surface area (Å²) in [4.78, 5) is 0. The van der Waals surface area contributed by atoms with E-state index in [9.17, 15) is 17.6 Å². The van der Waals surface area contributed by atoms with Gasteiger partial charge in [-0.2, -0.15) is 0 Å². The summed E-state index contributed by atoms with van der Waals surface area (Å²) in [6, 6.07) is 10.3. The second-order valence-corrected chi connectivity index (χ2v) is 16.0. The molecule has 2 N–H and O–H groups in total. The zero-order valence-corrected chi connectivity index (χ0v) is 36.1. The predicted octanol–water partition coefficient (Wildman–Crippen LogP) is 12.1. The van der Waals surface area contributed by atoms with Crippen LogP contribution in [0.4, 0.5) is 129 Å². The highest BCUT2D eigenvalue weighted by Gasteiger charge is 2.52. The van der Waals surface area contributed by atoms with E-state index in [2.05, 4.69) is 17.4 Å². The average molecular weight is 1130 g/mol. The summed E-state index contributed by atoms with van der Waals surface area (Å²) in [6.45, 7) is 0. The SMILES string of the molecule is C[NH2+]c1ccccc1.Fc1c(F)c(F)c2c([B-](c3c(F)c(F)c(F)c4c(F)c(F)c(F)c(F)c34)(c3c(F)c(F)c(F)c4c(F)c(F)c(F)c(F)c34)c3c(F)c(F)c(F)c4c(F)c(F)c(F)c(F)c34)c(F)c(F)c(F)c2c1F. The van der Waals surface area contributed by atoms with Gasteiger partial charge in [0.15, 0.2) is 140 Å². The molecule has 0 aromatic heterocycles. The van der Waals surface area contributed by atoms with Crippen LogP contribution >= 0.6 is 0 Å². The first-order chi connectivity index (χ1) is 35.9. The van der Waals surface area contributed by atoms with Crippen LogP contribution in [0.2, 0.25) is 0 Å². The van der Waals surface area contributed by atoms with E-state index < -0.39 is 234 Å². The highest BCUT2D eigenvalue weighted by molar-refractivity contribution is 7.23. The van der Waals surface area contributed by atoms with Crippen LogP contribution in [0.3, 0.4) is 0 Å². The van der Waals surface area contributed by atoms with Gasteiger partial charge in [0, 0.05) is 0 Å². The maximum Gasteiger partial charge on any atom is 0.198 e. The quantitative estimate of drug-likeness (QED) is 0.0582. The summed E-state index contributed by atoms with van der Waals surface area (Å²) in [5.41, 5.74) is -14.2. The van der Waals surface area contributed by atoms with Crippen LogP contribution in [0.5, 0.6) is 0 Å². The Labute approximate surface area is 405 Å². The monoisotopic (exact) mass is 1130 g/mol. The van der Waals surface area contributed by atoms with Gasteiger partial charge in [-0.15, -0.1) is 21.9 Å². The summed E-state index contributed by atoms with van der Waals surface area (Å²) in [7, 11) is 2.04. The zero-order valence-electron chi connectivity index (χ0n) is 36.1. The first-order valence-corrected chi connectivity index (χ1v) is 20.2. The Morgan fingerprint density at radius 1 is 0.208 bits per heavy atom. The molecule has 9 aromatic rings. The van der Waals surface area contributed by atoms with Gasteiger partial charge < -0.3 is 5.32 Å². The van der Waals surface area contributed by atoms with Crippen molar-refractivity contribution in [3.05, 3.63) is 193 Å². The lowest BCUT2D eigenvalue weighted by molar-refractivity contribution is -0.539. The molecule has 30 heteroatoms. The van der Waals surface area contributed by atoms with Crippen molar-refractivity contribution in [2.75, 3.05) is 7.05 Å². The van der Waals surface area contributed by atoms with Crippen molar-refractivity contribution in [1.82, 2.24) is 0 Å². The van der Waals surface area contributed by atoms with Crippen LogP contribution in [-0.4, -0.2) is 13.2 Å². The van der Waals surface area contributed by atoms with Crippen molar-refractivity contribution in [2.45, 2.75) is 0 Å². The van der Waals surface area contributed by atoms with E-state index in [1.807, 2.05) is 25.2 Å². The minimum Gasteiger partial charge on any atom is -0.316 e. The molecule has 9 aromatic carbocycles. The lowest BCUT2D eigenvalue weighted by Crippen LogP contribution is -2.79. The Balaban J connectivity index is 0.000000897. The van der Waals surface area contributed by atoms with Gasteiger partial charge in [-0.05, 0) is 33.7 Å². The number of hydrogen-bond donors (Lipinski definition) is 1. The first-order valence-electron chi connectivity index (χ1n) is 20.2. The number of quaternary nitrogens is 1. The fourth-order valence-corrected chi connectivity index (χ4v) is 9.24. The van der Waals surface area contributed by atoms with E-state index in [1.54, 1.807) is 0 Å². The van der Waals surface area contributed by atoms with Crippen LogP contribution in [0, 0.1) is 163 Å². The van der Waals surface area contributed by atoms with Crippen LogP contribution in [-0.2, 0) is 0 Å². The van der Waals surface area contributed by atoms with Crippen LogP contribution in [0.15, 0.2) is 30.3 Å². The van der Waals surface area contributed by atoms with Gasteiger partial charge in [-0.1, -0.05) is 18.2 Å². The minimum atomic E-state index is -8.05. The van der Waals surface area contributed by atoms with Gasteiger partial charge in [-0.25, -0.2) is 123 Å². The second kappa shape index (κ2) is 19.0. The van der Waals surface area contributed by atoms with E-state index in [0.717, 1.165) is 0 Å². The molecule has 0 amide bonds. The number of rotatable bonds is 5. The number of hydrogen-bond acceptors (Lipinski definition) is 0. The highest BCUT2D eigenvalue weighted by Crippen LogP contribution is 2.42. The predicted molar refractivity (Wildman–Crippen MR) is 213 cm³/mol. The van der Waals surface area contributed by atoms with E-state index >= 15 is 105 Å². The Kier molecular flexibility index (Phi) is 13.6. The van der Waals surface area contributed by atoms with Crippen molar-refractivity contribution in [3.8, 4) is 0 Å². The molecule has 0 fully saturated rings. The van der Waals surface area contributed by atoms with Crippen molar-refractivity contribution in [3.63, 3.8) is 0 Å². The van der Waals surface area contributed by atoms with Gasteiger partial charge in [0.1, 0.15) is 35.1 Å². The molecule has 0 unspecified atom stereocenters. The molecular weight excluding hydrogens is 1120 g/mol. The number of benzene rings is 9. The van der Waals surface area contributed by atoms with Gasteiger partial charge in [0.05, 0.1) is 28.6 Å². The maximum atomic E-state index is 17.3. The third-order valence-corrected chi connectivity index (χ3v) is 12.4. The molecule has 0 heterocycles. The normalized spacial score (nSPS) is 12.0. The number of fused-ring (bicyclic) bond motifs is 4. The summed E-state index contributed by atoms with van der Waals surface area (Å²) < 4.78 is 446. The van der Waals surface area contributed by atoms with Crippen molar-refractivity contribution in [2.24, 2.45) is 0 Å². The molecule has 77 heavy (non-hydrogen) atoms. The third-order valence-electron chi connectivity index (χ3n) is 12.4. The van der Waals surface area contributed by atoms with Gasteiger partial charge in [0.2, 0.25) is 0 Å². The largest absolute Gasteiger partial charge is 0.316 e. The first kappa shape index (κ1) is 55.3. The average Bonchev–Trinajstić information content (AvgIpc) is 3.59. The van der Waals surface area contributed by atoms with Crippen molar-refractivity contribution in [1.29, 1.82) is 0 Å². The summed E-state index contributed by atoms with van der Waals surface area (Å²) >= 11 is 0. The molecule has 402 valence electrons. The molecule has 1 nitrogen and oxygen atoms in total. The third kappa shape index (κ3) is 7.28. The number of para-hydroxylation sites is 1. The van der Waals surface area contributed by atoms with E-state index in [-0.39, 0.29) is 0 Å². The van der Waals surface area contributed by atoms with E-state index in [4.69, 9.17) is 0 Å². The molecule has 0 atom stereocenters. The van der Waals surface area contributed by atoms with E-state index in [1.165, 1.54) is 5.69 Å². The Morgan fingerprint density at radius 2 is 0.364 bits per heavy atom. The van der Waals surface area contributed by atoms with Crippen LogP contribution in [0.1, 0.15) is 0 Å². The molecule has 0 radical (unpaired) electrons. The molecule has 0 spiro atoms. The topological polar surface area (TPSA) is 16.6 Å². The van der Waals surface area contributed by atoms with Gasteiger partial charge in [0.25, 0.3) is 0 Å². The van der Waals surface area contributed by atoms with Crippen LogP contribution in [0.25, 0.3) is 43.1 Å². The Hall–Kier alpha value is -7.92. The fourth-order valence-electron chi connectivity index (χ4n) is 9.24. The smallest absolute Gasteiger partial charge is 0.198 e. The molecule has 9 rings (SSSR count). The lowest BCUT2D eigenvalue weighted by atomic mass is 9.11. The molecule has 0 saturated heterocycles. The Morgan fingerprint density at radius 3 is 0.519 bits per heavy atom. The van der Waals surface area contributed by atoms with Crippen molar-refractivity contribution >= 4 is 76.8 Å². The Bertz CT molecular complexity index is 3600. The zero-order chi connectivity index (χ0) is 57.4. The summed E-state index contributed by atoms with van der Waals surface area (Å²) in [5.74, 6) is -104. The van der Waals surface area contributed by atoms with Crippen molar-refractivity contribution < 1.29 is 128 Å². The lowest BCUT2D eigenvalue weighted by Gasteiger charge is -2.47. The second-order valence-electron chi connectivity index (χ2n) is 16.0. The fraction of sp³-hybridized carbons (Fsp3) is 0.0213. The molecule has 0 aliphatic rings. The molecular formula is C47H10BF28N. The molecule has 0 aliphatic heterocycles. The van der Waals surface area contributed by atoms with Gasteiger partial charge in [-0.3, -0.25) is 0 Å².